The second-order valence-corrected chi connectivity index (χ2v) is 3.70. The molecule has 0 spiro atoms. The fraction of sp³-hybridized carbons (Fsp3) is 0. The topological polar surface area (TPSA) is 74.6 Å². The van der Waals surface area contributed by atoms with Crippen LogP contribution in [0, 0.1) is 0 Å². The van der Waals surface area contributed by atoms with Crippen LogP contribution in [0.25, 0.3) is 11.1 Å². The molecule has 94 valence electrons. The average Bonchev–Trinajstić information content (AvgIpc) is 2.38. The Balaban J connectivity index is 0.00000180. The van der Waals surface area contributed by atoms with E-state index in [1.807, 2.05) is 6.07 Å². The van der Waals surface area contributed by atoms with E-state index in [9.17, 15) is 14.7 Å². The molecule has 2 rings (SSSR count). The van der Waals surface area contributed by atoms with Gasteiger partial charge in [0, 0.05) is 0 Å². The number of carbonyl (C=O) groups is 2. The number of rotatable bonds is 3. The summed E-state index contributed by atoms with van der Waals surface area (Å²) in [7, 11) is 0. The third-order valence-electron chi connectivity index (χ3n) is 2.59. The summed E-state index contributed by atoms with van der Waals surface area (Å²) in [5.41, 5.74) is 0.695. The number of hydrogen-bond donors (Lipinski definition) is 2. The Bertz CT molecular complexity index is 608. The number of carboxylic acids is 2. The standard InChI is InChI=1S/C14H10O4.Ba.2H/c15-13(16)11-8-4-7-10(12(11)14(17)18)9-5-2-1-3-6-9;;;/h1-8H,(H,15,16)(H,17,18);;;. The molecular formula is C14H12BaO4. The van der Waals surface area contributed by atoms with Gasteiger partial charge in [-0.3, -0.25) is 0 Å². The molecule has 0 bridgehead atoms. The quantitative estimate of drug-likeness (QED) is 0.796. The van der Waals surface area contributed by atoms with Crippen LogP contribution in [0.1, 0.15) is 20.7 Å². The molecule has 0 aliphatic rings. The second kappa shape index (κ2) is 6.93. The number of benzene rings is 2. The Morgan fingerprint density at radius 1 is 0.789 bits per heavy atom. The van der Waals surface area contributed by atoms with E-state index in [2.05, 4.69) is 0 Å². The number of hydrogen-bond acceptors (Lipinski definition) is 2. The molecule has 0 radical (unpaired) electrons. The third kappa shape index (κ3) is 3.49. The molecule has 2 N–H and O–H groups in total. The van der Waals surface area contributed by atoms with Gasteiger partial charge in [0.1, 0.15) is 0 Å². The Hall–Kier alpha value is -1.05. The van der Waals surface area contributed by atoms with E-state index >= 15 is 0 Å². The van der Waals surface area contributed by atoms with Crippen molar-refractivity contribution in [2.45, 2.75) is 0 Å². The first-order valence-electron chi connectivity index (χ1n) is 5.26. The molecule has 0 amide bonds. The Morgan fingerprint density at radius 3 is 1.95 bits per heavy atom. The van der Waals surface area contributed by atoms with Gasteiger partial charge in [0.05, 0.1) is 11.1 Å². The van der Waals surface area contributed by atoms with Crippen molar-refractivity contribution in [3.05, 3.63) is 59.7 Å². The maximum atomic E-state index is 11.3. The summed E-state index contributed by atoms with van der Waals surface area (Å²) >= 11 is 0. The first-order chi connectivity index (χ1) is 8.61. The molecule has 5 heteroatoms. The first kappa shape index (κ1) is 16.0. The SMILES string of the molecule is O=C(O)c1cccc(-c2ccccc2)c1C(=O)O.[BaH2]. The molecule has 0 aromatic heterocycles. The summed E-state index contributed by atoms with van der Waals surface area (Å²) in [4.78, 5) is 22.3. The van der Waals surface area contributed by atoms with E-state index in [0.29, 0.717) is 11.1 Å². The van der Waals surface area contributed by atoms with Gasteiger partial charge < -0.3 is 10.2 Å². The monoisotopic (exact) mass is 382 g/mol. The zero-order valence-corrected chi connectivity index (χ0v) is 9.33. The normalized spacial score (nSPS) is 9.47. The minimum absolute atomic E-state index is 0. The summed E-state index contributed by atoms with van der Waals surface area (Å²) in [6, 6.07) is 13.3. The molecule has 0 aliphatic carbocycles. The summed E-state index contributed by atoms with van der Waals surface area (Å²) in [5, 5.41) is 18.2. The molecule has 19 heavy (non-hydrogen) atoms. The minimum atomic E-state index is -1.25. The number of aromatic carboxylic acids is 2. The molecule has 0 heterocycles. The zero-order valence-electron chi connectivity index (χ0n) is 9.33. The van der Waals surface area contributed by atoms with Gasteiger partial charge in [0.15, 0.2) is 0 Å². The predicted octanol–water partition coefficient (Wildman–Crippen LogP) is 1.83. The summed E-state index contributed by atoms with van der Waals surface area (Å²) in [5.74, 6) is -2.49. The van der Waals surface area contributed by atoms with Crippen molar-refractivity contribution >= 4 is 60.8 Å². The van der Waals surface area contributed by atoms with Crippen molar-refractivity contribution in [3.8, 4) is 11.1 Å². The maximum absolute atomic E-state index is 11.3. The van der Waals surface area contributed by atoms with Gasteiger partial charge in [0.25, 0.3) is 0 Å². The third-order valence-corrected chi connectivity index (χ3v) is 2.59. The van der Waals surface area contributed by atoms with Gasteiger partial charge >= 0.3 is 60.8 Å². The predicted molar refractivity (Wildman–Crippen MR) is 74.3 cm³/mol. The van der Waals surface area contributed by atoms with E-state index in [1.54, 1.807) is 30.3 Å². The molecule has 0 aliphatic heterocycles. The summed E-state index contributed by atoms with van der Waals surface area (Å²) in [6.07, 6.45) is 0. The van der Waals surface area contributed by atoms with Crippen LogP contribution in [-0.4, -0.2) is 71.0 Å². The van der Waals surface area contributed by atoms with Crippen molar-refractivity contribution in [1.82, 2.24) is 0 Å². The van der Waals surface area contributed by atoms with Crippen molar-refractivity contribution in [2.75, 3.05) is 0 Å². The van der Waals surface area contributed by atoms with Crippen LogP contribution in [0.3, 0.4) is 0 Å². The summed E-state index contributed by atoms with van der Waals surface area (Å²) < 4.78 is 0. The molecule has 2 aromatic carbocycles. The van der Waals surface area contributed by atoms with Gasteiger partial charge in [0.2, 0.25) is 0 Å². The fourth-order valence-electron chi connectivity index (χ4n) is 1.82. The van der Waals surface area contributed by atoms with Crippen LogP contribution in [0.15, 0.2) is 48.5 Å². The van der Waals surface area contributed by atoms with E-state index in [4.69, 9.17) is 5.11 Å². The van der Waals surface area contributed by atoms with E-state index < -0.39 is 11.9 Å². The van der Waals surface area contributed by atoms with Gasteiger partial charge in [-0.15, -0.1) is 0 Å². The molecule has 0 saturated heterocycles. The van der Waals surface area contributed by atoms with Gasteiger partial charge in [-0.1, -0.05) is 42.5 Å². The fourth-order valence-corrected chi connectivity index (χ4v) is 1.82. The zero-order chi connectivity index (χ0) is 13.1. The van der Waals surface area contributed by atoms with E-state index in [-0.39, 0.29) is 60.0 Å². The first-order valence-corrected chi connectivity index (χ1v) is 5.26. The second-order valence-electron chi connectivity index (χ2n) is 3.70. The summed E-state index contributed by atoms with van der Waals surface area (Å²) in [6.45, 7) is 0. The molecule has 2 aromatic rings. The molecule has 0 saturated carbocycles. The molecule has 0 fully saturated rings. The van der Waals surface area contributed by atoms with Gasteiger partial charge in [-0.05, 0) is 17.2 Å². The molecular weight excluding hydrogens is 369 g/mol. The van der Waals surface area contributed by atoms with E-state index in [1.165, 1.54) is 12.1 Å². The van der Waals surface area contributed by atoms with Crippen molar-refractivity contribution < 1.29 is 19.8 Å². The van der Waals surface area contributed by atoms with Crippen LogP contribution in [0.4, 0.5) is 0 Å². The van der Waals surface area contributed by atoms with Crippen LogP contribution < -0.4 is 0 Å². The molecule has 4 nitrogen and oxygen atoms in total. The Labute approximate surface area is 150 Å². The Kier molecular flexibility index (Phi) is 5.84. The van der Waals surface area contributed by atoms with Crippen molar-refractivity contribution in [3.63, 3.8) is 0 Å². The number of carboxylic acid groups (broad SMARTS) is 2. The van der Waals surface area contributed by atoms with Crippen molar-refractivity contribution in [2.24, 2.45) is 0 Å². The van der Waals surface area contributed by atoms with Crippen LogP contribution in [-0.2, 0) is 0 Å². The molecule has 0 atom stereocenters. The van der Waals surface area contributed by atoms with Crippen LogP contribution in [0.2, 0.25) is 0 Å². The van der Waals surface area contributed by atoms with Crippen molar-refractivity contribution in [1.29, 1.82) is 0 Å². The van der Waals surface area contributed by atoms with E-state index in [0.717, 1.165) is 0 Å². The average molecular weight is 382 g/mol. The van der Waals surface area contributed by atoms with Gasteiger partial charge in [-0.2, -0.15) is 0 Å². The van der Waals surface area contributed by atoms with Gasteiger partial charge in [-0.25, -0.2) is 9.59 Å². The van der Waals surface area contributed by atoms with Crippen LogP contribution in [0.5, 0.6) is 0 Å². The Morgan fingerprint density at radius 2 is 1.42 bits per heavy atom. The molecule has 0 unspecified atom stereocenters. The van der Waals surface area contributed by atoms with Crippen LogP contribution >= 0.6 is 0 Å².